The minimum atomic E-state index is -1.36. The molecule has 7 nitrogen and oxygen atoms in total. The molecule has 3 amide bonds. The minimum absolute atomic E-state index is 0.192. The number of urea groups is 1. The first-order chi connectivity index (χ1) is 8.80. The van der Waals surface area contributed by atoms with Gasteiger partial charge in [0.1, 0.15) is 12.0 Å². The van der Waals surface area contributed by atoms with Gasteiger partial charge in [-0.05, 0) is 26.9 Å². The first kappa shape index (κ1) is 17.4. The van der Waals surface area contributed by atoms with Crippen LogP contribution in [-0.4, -0.2) is 50.1 Å². The predicted octanol–water partition coefficient (Wildman–Crippen LogP) is 0.0925. The van der Waals surface area contributed by atoms with Gasteiger partial charge in [-0.3, -0.25) is 14.9 Å². The molecule has 0 heterocycles. The van der Waals surface area contributed by atoms with Crippen LogP contribution in [0.3, 0.4) is 0 Å². The molecule has 0 aliphatic rings. The van der Waals surface area contributed by atoms with E-state index in [1.807, 2.05) is 24.3 Å². The zero-order valence-corrected chi connectivity index (χ0v) is 12.0. The highest BCUT2D eigenvalue weighted by atomic mass is 16.5. The number of esters is 1. The topological polar surface area (TPSA) is 102 Å². The highest BCUT2D eigenvalue weighted by Crippen LogP contribution is 2.28. The second kappa shape index (κ2) is 7.73. The number of imide groups is 1. The maximum absolute atomic E-state index is 12.1. The number of carbonyl (C=O) groups excluding carboxylic acids is 3. The maximum Gasteiger partial charge on any atom is 0.321 e. The molecule has 7 heteroatoms. The maximum atomic E-state index is 12.1. The van der Waals surface area contributed by atoms with Crippen molar-refractivity contribution >= 4 is 17.9 Å². The van der Waals surface area contributed by atoms with Crippen molar-refractivity contribution in [3.63, 3.8) is 0 Å². The van der Waals surface area contributed by atoms with Crippen molar-refractivity contribution in [2.24, 2.45) is 11.1 Å². The highest BCUT2D eigenvalue weighted by Gasteiger charge is 2.44. The third-order valence-electron chi connectivity index (χ3n) is 3.04. The molecular formula is C12H23N3O4. The number of nitrogens with two attached hydrogens (primary N) is 1. The normalized spacial score (nSPS) is 11.2. The molecule has 3 N–H and O–H groups in total. The molecule has 0 bridgehead atoms. The average molecular weight is 273 g/mol. The van der Waals surface area contributed by atoms with E-state index < -0.39 is 23.3 Å². The zero-order valence-electron chi connectivity index (χ0n) is 12.0. The summed E-state index contributed by atoms with van der Waals surface area (Å²) in [6.45, 7) is 4.14. The van der Waals surface area contributed by atoms with E-state index in [-0.39, 0.29) is 19.4 Å². The lowest BCUT2D eigenvalue weighted by molar-refractivity contribution is -0.161. The summed E-state index contributed by atoms with van der Waals surface area (Å²) >= 11 is 0. The van der Waals surface area contributed by atoms with E-state index in [2.05, 4.69) is 0 Å². The van der Waals surface area contributed by atoms with Crippen molar-refractivity contribution in [1.82, 2.24) is 10.2 Å². The van der Waals surface area contributed by atoms with E-state index in [0.29, 0.717) is 6.54 Å². The molecule has 0 aliphatic heterocycles. The van der Waals surface area contributed by atoms with Crippen LogP contribution < -0.4 is 11.1 Å². The number of nitrogens with zero attached hydrogens (tertiary/aromatic N) is 1. The van der Waals surface area contributed by atoms with Crippen LogP contribution in [0.25, 0.3) is 0 Å². The van der Waals surface area contributed by atoms with Crippen molar-refractivity contribution in [2.45, 2.75) is 26.7 Å². The molecule has 0 unspecified atom stereocenters. The Morgan fingerprint density at radius 2 is 1.74 bits per heavy atom. The van der Waals surface area contributed by atoms with E-state index >= 15 is 0 Å². The summed E-state index contributed by atoms with van der Waals surface area (Å²) in [6, 6.07) is -0.975. The third kappa shape index (κ3) is 4.86. The van der Waals surface area contributed by atoms with Gasteiger partial charge >= 0.3 is 12.0 Å². The summed E-state index contributed by atoms with van der Waals surface area (Å²) in [5, 5.41) is 1.95. The Morgan fingerprint density at radius 1 is 1.21 bits per heavy atom. The first-order valence-corrected chi connectivity index (χ1v) is 6.23. The number of amides is 3. The summed E-state index contributed by atoms with van der Waals surface area (Å²) in [7, 11) is 3.70. The van der Waals surface area contributed by atoms with E-state index in [1.54, 1.807) is 13.8 Å². The Bertz CT molecular complexity index is 338. The van der Waals surface area contributed by atoms with Gasteiger partial charge in [-0.15, -0.1) is 0 Å². The van der Waals surface area contributed by atoms with Gasteiger partial charge in [0, 0.05) is 6.54 Å². The molecular weight excluding hydrogens is 250 g/mol. The average Bonchev–Trinajstić information content (AvgIpc) is 2.29. The number of likely N-dealkylation sites (N-methyl/N-ethyl adjacent to an activating group) is 1. The van der Waals surface area contributed by atoms with Crippen LogP contribution in [0, 0.1) is 5.41 Å². The molecule has 0 aromatic carbocycles. The molecule has 0 aromatic rings. The molecule has 0 aliphatic carbocycles. The van der Waals surface area contributed by atoms with Crippen molar-refractivity contribution < 1.29 is 19.1 Å². The number of ether oxygens (including phenoxy) is 1. The van der Waals surface area contributed by atoms with Gasteiger partial charge in [-0.25, -0.2) is 4.79 Å². The molecule has 0 rings (SSSR count). The lowest BCUT2D eigenvalue weighted by atomic mass is 9.81. The Hall–Kier alpha value is -1.63. The summed E-state index contributed by atoms with van der Waals surface area (Å²) in [6.07, 6.45) is 0.479. The summed E-state index contributed by atoms with van der Waals surface area (Å²) in [5.41, 5.74) is 3.55. The molecule has 0 radical (unpaired) electrons. The Kier molecular flexibility index (Phi) is 7.06. The molecule has 0 saturated heterocycles. The molecule has 0 spiro atoms. The third-order valence-corrected chi connectivity index (χ3v) is 3.04. The predicted molar refractivity (Wildman–Crippen MR) is 70.3 cm³/mol. The van der Waals surface area contributed by atoms with Gasteiger partial charge in [0.05, 0.1) is 0 Å². The summed E-state index contributed by atoms with van der Waals surface area (Å²) < 4.78 is 5.11. The standard InChI is InChI=1S/C12H23N3O4/c1-5-12(6-2,9(16)14-11(13)18)10(17)19-8-7-15(3)4/h5-8H2,1-4H3,(H3,13,14,16,18). The smallest absolute Gasteiger partial charge is 0.321 e. The minimum Gasteiger partial charge on any atom is -0.464 e. The van der Waals surface area contributed by atoms with E-state index in [9.17, 15) is 14.4 Å². The van der Waals surface area contributed by atoms with Crippen LogP contribution in [0.5, 0.6) is 0 Å². The molecule has 19 heavy (non-hydrogen) atoms. The van der Waals surface area contributed by atoms with Crippen molar-refractivity contribution in [3.05, 3.63) is 0 Å². The second-order valence-corrected chi connectivity index (χ2v) is 4.55. The summed E-state index contributed by atoms with van der Waals surface area (Å²) in [4.78, 5) is 36.6. The van der Waals surface area contributed by atoms with Gasteiger partial charge < -0.3 is 15.4 Å². The number of hydrogen-bond donors (Lipinski definition) is 2. The largest absolute Gasteiger partial charge is 0.464 e. The second-order valence-electron chi connectivity index (χ2n) is 4.55. The van der Waals surface area contributed by atoms with Gasteiger partial charge in [0.2, 0.25) is 5.91 Å². The number of hydrogen-bond acceptors (Lipinski definition) is 5. The van der Waals surface area contributed by atoms with Gasteiger partial charge in [0.25, 0.3) is 0 Å². The van der Waals surface area contributed by atoms with Gasteiger partial charge in [0.15, 0.2) is 0 Å². The zero-order chi connectivity index (χ0) is 15.1. The fourth-order valence-corrected chi connectivity index (χ4v) is 1.64. The lowest BCUT2D eigenvalue weighted by Crippen LogP contribution is -2.50. The number of primary amides is 1. The fourth-order valence-electron chi connectivity index (χ4n) is 1.64. The summed E-state index contributed by atoms with van der Waals surface area (Å²) in [5.74, 6) is -1.34. The van der Waals surface area contributed by atoms with Crippen LogP contribution >= 0.6 is 0 Å². The SMILES string of the molecule is CCC(CC)(C(=O)NC(N)=O)C(=O)OCCN(C)C. The van der Waals surface area contributed by atoms with Crippen molar-refractivity contribution in [2.75, 3.05) is 27.2 Å². The molecule has 0 atom stereocenters. The Labute approximate surface area is 113 Å². The molecule has 0 fully saturated rings. The fraction of sp³-hybridized carbons (Fsp3) is 0.750. The van der Waals surface area contributed by atoms with Crippen LogP contribution in [0.15, 0.2) is 0 Å². The Balaban J connectivity index is 4.81. The lowest BCUT2D eigenvalue weighted by Gasteiger charge is -2.27. The van der Waals surface area contributed by atoms with Crippen molar-refractivity contribution in [1.29, 1.82) is 0 Å². The number of nitrogens with one attached hydrogen (secondary N) is 1. The van der Waals surface area contributed by atoms with Gasteiger partial charge in [-0.1, -0.05) is 13.8 Å². The van der Waals surface area contributed by atoms with Crippen LogP contribution in [-0.2, 0) is 14.3 Å². The van der Waals surface area contributed by atoms with E-state index in [0.717, 1.165) is 0 Å². The van der Waals surface area contributed by atoms with Crippen LogP contribution in [0.1, 0.15) is 26.7 Å². The number of rotatable bonds is 7. The van der Waals surface area contributed by atoms with Crippen molar-refractivity contribution in [3.8, 4) is 0 Å². The van der Waals surface area contributed by atoms with Crippen LogP contribution in [0.4, 0.5) is 4.79 Å². The molecule has 110 valence electrons. The molecule has 0 saturated carbocycles. The van der Waals surface area contributed by atoms with E-state index in [1.165, 1.54) is 0 Å². The highest BCUT2D eigenvalue weighted by molar-refractivity contribution is 6.08. The monoisotopic (exact) mass is 273 g/mol. The first-order valence-electron chi connectivity index (χ1n) is 6.23. The van der Waals surface area contributed by atoms with Crippen LogP contribution in [0.2, 0.25) is 0 Å². The van der Waals surface area contributed by atoms with Gasteiger partial charge in [-0.2, -0.15) is 0 Å². The molecule has 0 aromatic heterocycles. The quantitative estimate of drug-likeness (QED) is 0.505. The Morgan fingerprint density at radius 3 is 2.11 bits per heavy atom. The van der Waals surface area contributed by atoms with E-state index in [4.69, 9.17) is 10.5 Å². The number of carbonyl (C=O) groups is 3.